The molecule has 0 saturated carbocycles. The summed E-state index contributed by atoms with van der Waals surface area (Å²) in [7, 11) is 0. The number of halogens is 4. The Balaban J connectivity index is 1.70. The van der Waals surface area contributed by atoms with Gasteiger partial charge >= 0.3 is 11.9 Å². The molecule has 0 aliphatic heterocycles. The van der Waals surface area contributed by atoms with E-state index in [2.05, 4.69) is 15.6 Å². The number of benzene rings is 2. The topological polar surface area (TPSA) is 135 Å². The SMILES string of the molecule is CCOC(=O)Cc1csc(NC(=O)C(C)Sc2cccc(NC(=O)c3c(Cl)c(Cl)c(Cl)c(Cl)c3C(=O)O)c2)n1. The molecule has 15 heteroatoms. The van der Waals surface area contributed by atoms with Gasteiger partial charge in [-0.1, -0.05) is 52.5 Å². The normalized spacial score (nSPS) is 11.5. The minimum absolute atomic E-state index is 0.0105. The van der Waals surface area contributed by atoms with Gasteiger partial charge in [0.2, 0.25) is 5.91 Å². The summed E-state index contributed by atoms with van der Waals surface area (Å²) < 4.78 is 4.90. The highest BCUT2D eigenvalue weighted by atomic mass is 35.5. The average Bonchev–Trinajstić information content (AvgIpc) is 3.30. The third-order valence-electron chi connectivity index (χ3n) is 4.89. The van der Waals surface area contributed by atoms with Gasteiger partial charge in [0.25, 0.3) is 5.91 Å². The molecule has 9 nitrogen and oxygen atoms in total. The number of carboxylic acids is 1. The van der Waals surface area contributed by atoms with Crippen LogP contribution in [0.2, 0.25) is 20.1 Å². The van der Waals surface area contributed by atoms with Crippen LogP contribution in [0.1, 0.15) is 40.3 Å². The molecule has 1 atom stereocenters. The zero-order valence-corrected chi connectivity index (χ0v) is 24.8. The lowest BCUT2D eigenvalue weighted by Gasteiger charge is -2.15. The standard InChI is InChI=1S/C24H19Cl4N3O6S2/c1-3-37-14(32)8-12-9-38-24(30-12)31-21(33)10(2)39-13-6-4-5-11(7-13)29-22(34)15-16(23(35)36)18(26)20(28)19(27)17(15)25/h4-7,9-10H,3,8H2,1-2H3,(H,29,34)(H,35,36)(H,30,31,33). The third-order valence-corrected chi connectivity index (χ3v) is 8.60. The van der Waals surface area contributed by atoms with Crippen molar-refractivity contribution in [1.29, 1.82) is 0 Å². The van der Waals surface area contributed by atoms with Crippen LogP contribution in [0.25, 0.3) is 0 Å². The lowest BCUT2D eigenvalue weighted by atomic mass is 10.1. The molecule has 0 radical (unpaired) electrons. The summed E-state index contributed by atoms with van der Waals surface area (Å²) in [5, 5.41) is 15.0. The maximum atomic E-state index is 13.0. The first-order chi connectivity index (χ1) is 18.4. The number of ether oxygens (including phenoxy) is 1. The van der Waals surface area contributed by atoms with Gasteiger partial charge in [-0.2, -0.15) is 0 Å². The molecule has 2 amide bonds. The number of carbonyl (C=O) groups is 4. The second-order valence-electron chi connectivity index (χ2n) is 7.67. The monoisotopic (exact) mass is 649 g/mol. The lowest BCUT2D eigenvalue weighted by molar-refractivity contribution is -0.142. The number of nitrogens with one attached hydrogen (secondary N) is 2. The number of carboxylic acid groups (broad SMARTS) is 1. The molecule has 2 aromatic carbocycles. The van der Waals surface area contributed by atoms with Gasteiger partial charge in [0.1, 0.15) is 0 Å². The number of nitrogens with zero attached hydrogens (tertiary/aromatic N) is 1. The van der Waals surface area contributed by atoms with Gasteiger partial charge in [0.05, 0.1) is 55.2 Å². The Kier molecular flexibility index (Phi) is 10.9. The van der Waals surface area contributed by atoms with Gasteiger partial charge in [-0.25, -0.2) is 9.78 Å². The minimum Gasteiger partial charge on any atom is -0.478 e. The first-order valence-electron chi connectivity index (χ1n) is 11.0. The maximum absolute atomic E-state index is 13.0. The van der Waals surface area contributed by atoms with Crippen LogP contribution >= 0.6 is 69.5 Å². The van der Waals surface area contributed by atoms with Gasteiger partial charge in [-0.15, -0.1) is 23.1 Å². The average molecular weight is 651 g/mol. The first kappa shape index (κ1) is 31.0. The number of carbonyl (C=O) groups excluding carboxylic acids is 3. The molecule has 206 valence electrons. The zero-order valence-electron chi connectivity index (χ0n) is 20.1. The molecule has 1 heterocycles. The van der Waals surface area contributed by atoms with Crippen LogP contribution in [-0.4, -0.2) is 45.7 Å². The summed E-state index contributed by atoms with van der Waals surface area (Å²) in [6.07, 6.45) is 0.0105. The van der Waals surface area contributed by atoms with Crippen LogP contribution in [0.15, 0.2) is 34.5 Å². The van der Waals surface area contributed by atoms with Crippen LogP contribution in [0, 0.1) is 0 Å². The predicted molar refractivity (Wildman–Crippen MR) is 154 cm³/mol. The Morgan fingerprint density at radius 1 is 1.05 bits per heavy atom. The summed E-state index contributed by atoms with van der Waals surface area (Å²) in [6, 6.07) is 6.55. The van der Waals surface area contributed by atoms with E-state index >= 15 is 0 Å². The van der Waals surface area contributed by atoms with Crippen molar-refractivity contribution in [2.75, 3.05) is 17.2 Å². The number of rotatable bonds is 10. The molecular formula is C24H19Cl4N3O6S2. The summed E-state index contributed by atoms with van der Waals surface area (Å²) >= 11 is 26.5. The number of hydrogen-bond donors (Lipinski definition) is 3. The van der Waals surface area contributed by atoms with Crippen molar-refractivity contribution in [3.63, 3.8) is 0 Å². The van der Waals surface area contributed by atoms with Crippen LogP contribution in [-0.2, 0) is 20.7 Å². The van der Waals surface area contributed by atoms with Crippen molar-refractivity contribution in [3.8, 4) is 0 Å². The van der Waals surface area contributed by atoms with Crippen molar-refractivity contribution < 1.29 is 29.0 Å². The quantitative estimate of drug-likeness (QED) is 0.0930. The summed E-state index contributed by atoms with van der Waals surface area (Å²) in [6.45, 7) is 3.67. The maximum Gasteiger partial charge on any atom is 0.338 e. The molecule has 0 fully saturated rings. The third kappa shape index (κ3) is 7.77. The highest BCUT2D eigenvalue weighted by molar-refractivity contribution is 8.00. The van der Waals surface area contributed by atoms with E-state index in [1.165, 1.54) is 23.1 Å². The molecule has 1 unspecified atom stereocenters. The van der Waals surface area contributed by atoms with Crippen molar-refractivity contribution in [1.82, 2.24) is 4.98 Å². The number of aromatic nitrogens is 1. The Labute approximate surface area is 251 Å². The van der Waals surface area contributed by atoms with Crippen LogP contribution in [0.4, 0.5) is 10.8 Å². The van der Waals surface area contributed by atoms with E-state index in [9.17, 15) is 24.3 Å². The molecule has 0 aliphatic carbocycles. The summed E-state index contributed by atoms with van der Waals surface area (Å²) in [4.78, 5) is 53.9. The number of thioether (sulfide) groups is 1. The van der Waals surface area contributed by atoms with Crippen molar-refractivity contribution >= 4 is 104 Å². The fraction of sp³-hybridized carbons (Fsp3) is 0.208. The largest absolute Gasteiger partial charge is 0.478 e. The summed E-state index contributed by atoms with van der Waals surface area (Å²) in [5.41, 5.74) is -0.236. The molecule has 0 spiro atoms. The van der Waals surface area contributed by atoms with Crippen LogP contribution in [0.3, 0.4) is 0 Å². The Bertz CT molecular complexity index is 1450. The molecule has 1 aromatic heterocycles. The minimum atomic E-state index is -1.51. The molecule has 3 N–H and O–H groups in total. The van der Waals surface area contributed by atoms with E-state index in [-0.39, 0.29) is 34.0 Å². The van der Waals surface area contributed by atoms with E-state index in [1.807, 2.05) is 0 Å². The Morgan fingerprint density at radius 3 is 2.36 bits per heavy atom. The van der Waals surface area contributed by atoms with Gasteiger partial charge in [0, 0.05) is 16.0 Å². The smallest absolute Gasteiger partial charge is 0.338 e. The fourth-order valence-corrected chi connectivity index (χ4v) is 5.82. The highest BCUT2D eigenvalue weighted by Gasteiger charge is 2.29. The van der Waals surface area contributed by atoms with Crippen LogP contribution < -0.4 is 10.6 Å². The number of esters is 1. The van der Waals surface area contributed by atoms with Gasteiger partial charge < -0.3 is 20.5 Å². The molecule has 3 rings (SSSR count). The predicted octanol–water partition coefficient (Wildman–Crippen LogP) is 6.93. The van der Waals surface area contributed by atoms with Gasteiger partial charge in [0.15, 0.2) is 5.13 Å². The molecule has 39 heavy (non-hydrogen) atoms. The van der Waals surface area contributed by atoms with E-state index in [0.717, 1.165) is 0 Å². The second-order valence-corrected chi connectivity index (χ2v) is 11.5. The van der Waals surface area contributed by atoms with Crippen LogP contribution in [0.5, 0.6) is 0 Å². The Hall–Kier alpha value is -2.54. The zero-order chi connectivity index (χ0) is 28.9. The van der Waals surface area contributed by atoms with E-state index in [0.29, 0.717) is 21.4 Å². The number of hydrogen-bond acceptors (Lipinski definition) is 8. The fourth-order valence-electron chi connectivity index (χ4n) is 3.16. The van der Waals surface area contributed by atoms with E-state index in [1.54, 1.807) is 43.5 Å². The van der Waals surface area contributed by atoms with Crippen molar-refractivity contribution in [2.24, 2.45) is 0 Å². The van der Waals surface area contributed by atoms with Gasteiger partial charge in [-0.3, -0.25) is 14.4 Å². The summed E-state index contributed by atoms with van der Waals surface area (Å²) in [5.74, 6) is -3.11. The van der Waals surface area contributed by atoms with E-state index < -0.39 is 39.2 Å². The van der Waals surface area contributed by atoms with Gasteiger partial charge in [-0.05, 0) is 32.0 Å². The van der Waals surface area contributed by atoms with Crippen molar-refractivity contribution in [3.05, 3.63) is 66.6 Å². The molecule has 3 aromatic rings. The van der Waals surface area contributed by atoms with Crippen molar-refractivity contribution in [2.45, 2.75) is 30.4 Å². The number of anilines is 2. The molecule has 0 saturated heterocycles. The van der Waals surface area contributed by atoms with E-state index in [4.69, 9.17) is 51.1 Å². The second kappa shape index (κ2) is 13.7. The lowest BCUT2D eigenvalue weighted by Crippen LogP contribution is -2.22. The molecular weight excluding hydrogens is 632 g/mol. The molecule has 0 aliphatic rings. The highest BCUT2D eigenvalue weighted by Crippen LogP contribution is 2.42. The first-order valence-corrected chi connectivity index (χ1v) is 14.3. The Morgan fingerprint density at radius 2 is 1.72 bits per heavy atom. The number of aromatic carboxylic acids is 1. The number of thiazole rings is 1. The molecule has 0 bridgehead atoms. The number of amides is 2.